The molecule has 0 radical (unpaired) electrons. The number of aromatic nitrogens is 2. The number of hydrogen-bond acceptors (Lipinski definition) is 5. The van der Waals surface area contributed by atoms with Crippen LogP contribution in [0.3, 0.4) is 0 Å². The topological polar surface area (TPSA) is 99.5 Å². The van der Waals surface area contributed by atoms with E-state index in [0.717, 1.165) is 33.3 Å². The average molecular weight is 396 g/mol. The van der Waals surface area contributed by atoms with Gasteiger partial charge in [0, 0.05) is 18.2 Å². The standard InChI is InChI=1S/C16H18BrN3O4/c1-22-6-7-23-8-24-12-5-4-10-9(13(12)17)2-3-11-14(10)19-20-15(11)16(18)21/h4-5H,2-3,6-8H2,1H3,(H2,18,21)(H,19,20). The third kappa shape index (κ3) is 3.17. The average Bonchev–Trinajstić information content (AvgIpc) is 3.01. The van der Waals surface area contributed by atoms with Crippen molar-refractivity contribution in [2.24, 2.45) is 5.73 Å². The quantitative estimate of drug-likeness (QED) is 0.551. The molecule has 0 saturated heterocycles. The van der Waals surface area contributed by atoms with Gasteiger partial charge in [-0.15, -0.1) is 0 Å². The largest absolute Gasteiger partial charge is 0.466 e. The molecular weight excluding hydrogens is 378 g/mol. The maximum atomic E-state index is 11.5. The SMILES string of the molecule is COCCOCOc1ccc2c(c1Br)CCc1c-2n[nH]c1C(N)=O. The summed E-state index contributed by atoms with van der Waals surface area (Å²) in [5.74, 6) is 0.222. The number of aromatic amines is 1. The number of nitrogens with two attached hydrogens (primary N) is 1. The van der Waals surface area contributed by atoms with E-state index in [2.05, 4.69) is 26.1 Å². The van der Waals surface area contributed by atoms with E-state index < -0.39 is 5.91 Å². The lowest BCUT2D eigenvalue weighted by Crippen LogP contribution is -2.15. The van der Waals surface area contributed by atoms with Crippen molar-refractivity contribution in [1.29, 1.82) is 0 Å². The first-order valence-electron chi connectivity index (χ1n) is 7.51. The lowest BCUT2D eigenvalue weighted by molar-refractivity contribution is -0.00882. The summed E-state index contributed by atoms with van der Waals surface area (Å²) < 4.78 is 16.8. The van der Waals surface area contributed by atoms with E-state index in [0.29, 0.717) is 31.1 Å². The van der Waals surface area contributed by atoms with Gasteiger partial charge >= 0.3 is 0 Å². The van der Waals surface area contributed by atoms with E-state index in [1.807, 2.05) is 12.1 Å². The zero-order valence-corrected chi connectivity index (χ0v) is 14.8. The number of carbonyl (C=O) groups is 1. The van der Waals surface area contributed by atoms with Crippen LogP contribution >= 0.6 is 15.9 Å². The van der Waals surface area contributed by atoms with Gasteiger partial charge in [0.1, 0.15) is 11.4 Å². The molecule has 8 heteroatoms. The van der Waals surface area contributed by atoms with Crippen molar-refractivity contribution in [2.45, 2.75) is 12.8 Å². The predicted octanol–water partition coefficient (Wildman–Crippen LogP) is 2.04. The van der Waals surface area contributed by atoms with Gasteiger partial charge in [0.25, 0.3) is 5.91 Å². The number of nitrogens with zero attached hydrogens (tertiary/aromatic N) is 1. The van der Waals surface area contributed by atoms with Crippen LogP contribution in [0.25, 0.3) is 11.3 Å². The van der Waals surface area contributed by atoms with Crippen molar-refractivity contribution in [3.8, 4) is 17.0 Å². The molecule has 3 N–H and O–H groups in total. The molecule has 0 unspecified atom stereocenters. The minimum Gasteiger partial charge on any atom is -0.466 e. The fourth-order valence-corrected chi connectivity index (χ4v) is 3.43. The summed E-state index contributed by atoms with van der Waals surface area (Å²) in [7, 11) is 1.62. The third-order valence-corrected chi connectivity index (χ3v) is 4.80. The maximum Gasteiger partial charge on any atom is 0.267 e. The number of hydrogen-bond donors (Lipinski definition) is 2. The van der Waals surface area contributed by atoms with Crippen LogP contribution in [0.15, 0.2) is 16.6 Å². The normalized spacial score (nSPS) is 12.6. The van der Waals surface area contributed by atoms with Gasteiger partial charge in [-0.3, -0.25) is 9.89 Å². The summed E-state index contributed by atoms with van der Waals surface area (Å²) in [4.78, 5) is 11.5. The van der Waals surface area contributed by atoms with Crippen molar-refractivity contribution >= 4 is 21.8 Å². The molecule has 24 heavy (non-hydrogen) atoms. The highest BCUT2D eigenvalue weighted by atomic mass is 79.9. The Labute approximate surface area is 147 Å². The Bertz CT molecular complexity index is 760. The minimum absolute atomic E-state index is 0.153. The Morgan fingerprint density at radius 3 is 2.88 bits per heavy atom. The van der Waals surface area contributed by atoms with E-state index in [9.17, 15) is 4.79 Å². The van der Waals surface area contributed by atoms with Crippen LogP contribution in [-0.4, -0.2) is 43.2 Å². The summed E-state index contributed by atoms with van der Waals surface area (Å²) in [5.41, 5.74) is 9.49. The highest BCUT2D eigenvalue weighted by molar-refractivity contribution is 9.10. The Morgan fingerprint density at radius 1 is 1.33 bits per heavy atom. The Balaban J connectivity index is 1.81. The highest BCUT2D eigenvalue weighted by Crippen LogP contribution is 2.41. The second-order valence-electron chi connectivity index (χ2n) is 5.36. The van der Waals surface area contributed by atoms with Gasteiger partial charge in [-0.1, -0.05) is 0 Å². The molecule has 3 rings (SSSR count). The molecule has 1 amide bonds. The van der Waals surface area contributed by atoms with Gasteiger partial charge < -0.3 is 19.9 Å². The molecule has 0 spiro atoms. The molecule has 1 aliphatic carbocycles. The van der Waals surface area contributed by atoms with Crippen LogP contribution in [0.5, 0.6) is 5.75 Å². The molecule has 128 valence electrons. The zero-order chi connectivity index (χ0) is 17.1. The Morgan fingerprint density at radius 2 is 2.12 bits per heavy atom. The lowest BCUT2D eigenvalue weighted by atomic mass is 9.89. The smallest absolute Gasteiger partial charge is 0.267 e. The van der Waals surface area contributed by atoms with Crippen LogP contribution in [0, 0.1) is 0 Å². The Hall–Kier alpha value is -1.90. The second-order valence-corrected chi connectivity index (χ2v) is 6.15. The molecular formula is C16H18BrN3O4. The summed E-state index contributed by atoms with van der Waals surface area (Å²) >= 11 is 3.60. The van der Waals surface area contributed by atoms with Crippen LogP contribution in [0.1, 0.15) is 21.6 Å². The van der Waals surface area contributed by atoms with Crippen molar-refractivity contribution in [1.82, 2.24) is 10.2 Å². The number of ether oxygens (including phenoxy) is 3. The minimum atomic E-state index is -0.487. The van der Waals surface area contributed by atoms with Crippen LogP contribution in [0.4, 0.5) is 0 Å². The number of H-pyrrole nitrogens is 1. The van der Waals surface area contributed by atoms with Gasteiger partial charge in [-0.2, -0.15) is 5.10 Å². The predicted molar refractivity (Wildman–Crippen MR) is 91.0 cm³/mol. The molecule has 1 aromatic carbocycles. The van der Waals surface area contributed by atoms with Gasteiger partial charge in [0.2, 0.25) is 0 Å². The van der Waals surface area contributed by atoms with Crippen LogP contribution in [-0.2, 0) is 22.3 Å². The monoisotopic (exact) mass is 395 g/mol. The van der Waals surface area contributed by atoms with E-state index in [4.69, 9.17) is 19.9 Å². The molecule has 2 aromatic rings. The number of amides is 1. The van der Waals surface area contributed by atoms with Gasteiger partial charge in [0.05, 0.1) is 23.4 Å². The first-order chi connectivity index (χ1) is 11.6. The van der Waals surface area contributed by atoms with Crippen molar-refractivity contribution in [2.75, 3.05) is 27.1 Å². The summed E-state index contributed by atoms with van der Waals surface area (Å²) in [5, 5.41) is 7.00. The van der Waals surface area contributed by atoms with Crippen molar-refractivity contribution in [3.63, 3.8) is 0 Å². The molecule has 1 aliphatic rings. The molecule has 0 aliphatic heterocycles. The molecule has 1 aromatic heterocycles. The van der Waals surface area contributed by atoms with Gasteiger partial charge in [-0.05, 0) is 46.5 Å². The van der Waals surface area contributed by atoms with Crippen LogP contribution < -0.4 is 10.5 Å². The molecule has 1 heterocycles. The zero-order valence-electron chi connectivity index (χ0n) is 13.2. The van der Waals surface area contributed by atoms with E-state index in [1.165, 1.54) is 0 Å². The summed E-state index contributed by atoms with van der Waals surface area (Å²) in [6.45, 7) is 1.16. The first-order valence-corrected chi connectivity index (χ1v) is 8.31. The van der Waals surface area contributed by atoms with Gasteiger partial charge in [-0.25, -0.2) is 0 Å². The van der Waals surface area contributed by atoms with E-state index in [-0.39, 0.29) is 6.79 Å². The number of methoxy groups -OCH3 is 1. The number of halogens is 1. The van der Waals surface area contributed by atoms with Crippen molar-refractivity contribution in [3.05, 3.63) is 33.4 Å². The number of nitrogens with one attached hydrogen (secondary N) is 1. The number of fused-ring (bicyclic) bond motifs is 3. The third-order valence-electron chi connectivity index (χ3n) is 3.93. The second kappa shape index (κ2) is 7.33. The first kappa shape index (κ1) is 16.9. The summed E-state index contributed by atoms with van der Waals surface area (Å²) in [6, 6.07) is 3.80. The Kier molecular flexibility index (Phi) is 5.17. The van der Waals surface area contributed by atoms with E-state index >= 15 is 0 Å². The van der Waals surface area contributed by atoms with Gasteiger partial charge in [0.15, 0.2) is 6.79 Å². The van der Waals surface area contributed by atoms with Crippen LogP contribution in [0.2, 0.25) is 0 Å². The molecule has 0 atom stereocenters. The number of carbonyl (C=O) groups excluding carboxylic acids is 1. The highest BCUT2D eigenvalue weighted by Gasteiger charge is 2.26. The lowest BCUT2D eigenvalue weighted by Gasteiger charge is -2.19. The number of primary amides is 1. The molecule has 0 fully saturated rings. The number of benzene rings is 1. The fraction of sp³-hybridized carbons (Fsp3) is 0.375. The molecule has 0 saturated carbocycles. The van der Waals surface area contributed by atoms with Crippen molar-refractivity contribution < 1.29 is 19.0 Å². The van der Waals surface area contributed by atoms with E-state index in [1.54, 1.807) is 7.11 Å². The molecule has 0 bridgehead atoms. The summed E-state index contributed by atoms with van der Waals surface area (Å²) in [6.07, 6.45) is 1.47. The number of rotatable bonds is 7. The fourth-order valence-electron chi connectivity index (χ4n) is 2.77. The molecule has 7 nitrogen and oxygen atoms in total. The maximum absolute atomic E-state index is 11.5.